The lowest BCUT2D eigenvalue weighted by atomic mass is 10.1. The molecular formula is C17H21NO4. The number of ether oxygens (including phenoxy) is 1. The van der Waals surface area contributed by atoms with E-state index in [0.717, 1.165) is 17.7 Å². The van der Waals surface area contributed by atoms with Gasteiger partial charge in [-0.25, -0.2) is 0 Å². The zero-order valence-electron chi connectivity index (χ0n) is 12.5. The van der Waals surface area contributed by atoms with E-state index in [4.69, 9.17) is 4.74 Å². The second-order valence-corrected chi connectivity index (χ2v) is 5.07. The molecule has 2 rings (SSSR count). The van der Waals surface area contributed by atoms with Gasteiger partial charge in [0.15, 0.2) is 11.5 Å². The van der Waals surface area contributed by atoms with E-state index in [9.17, 15) is 15.3 Å². The molecule has 0 unspecified atom stereocenters. The summed E-state index contributed by atoms with van der Waals surface area (Å²) in [6, 6.07) is 12.2. The van der Waals surface area contributed by atoms with Gasteiger partial charge in [-0.3, -0.25) is 0 Å². The Kier molecular flexibility index (Phi) is 5.63. The maximum atomic E-state index is 10.0. The SMILES string of the molecule is COc1cccc(CCNC[C@H](O)c2ccc(O)c(O)c2)c1. The van der Waals surface area contributed by atoms with Crippen LogP contribution in [0.25, 0.3) is 0 Å². The summed E-state index contributed by atoms with van der Waals surface area (Å²) < 4.78 is 5.17. The second-order valence-electron chi connectivity index (χ2n) is 5.07. The molecule has 0 spiro atoms. The molecule has 0 radical (unpaired) electrons. The van der Waals surface area contributed by atoms with Crippen LogP contribution in [0.1, 0.15) is 17.2 Å². The van der Waals surface area contributed by atoms with E-state index in [1.165, 1.54) is 12.1 Å². The predicted molar refractivity (Wildman–Crippen MR) is 84.3 cm³/mol. The van der Waals surface area contributed by atoms with Crippen LogP contribution in [0, 0.1) is 0 Å². The van der Waals surface area contributed by atoms with E-state index in [1.807, 2.05) is 24.3 Å². The van der Waals surface area contributed by atoms with Crippen molar-refractivity contribution in [3.8, 4) is 17.2 Å². The molecule has 5 nitrogen and oxygen atoms in total. The van der Waals surface area contributed by atoms with E-state index in [-0.39, 0.29) is 11.5 Å². The molecule has 0 bridgehead atoms. The predicted octanol–water partition coefficient (Wildman–Crippen LogP) is 1.97. The summed E-state index contributed by atoms with van der Waals surface area (Å²) in [7, 11) is 1.64. The molecule has 4 N–H and O–H groups in total. The van der Waals surface area contributed by atoms with Crippen LogP contribution >= 0.6 is 0 Å². The third-order valence-electron chi connectivity index (χ3n) is 3.45. The van der Waals surface area contributed by atoms with Crippen molar-refractivity contribution < 1.29 is 20.1 Å². The van der Waals surface area contributed by atoms with Gasteiger partial charge in [0, 0.05) is 6.54 Å². The fourth-order valence-corrected chi connectivity index (χ4v) is 2.17. The molecule has 118 valence electrons. The highest BCUT2D eigenvalue weighted by atomic mass is 16.5. The summed E-state index contributed by atoms with van der Waals surface area (Å²) in [6.07, 6.45) is 0.0851. The van der Waals surface area contributed by atoms with E-state index in [2.05, 4.69) is 5.32 Å². The number of aliphatic hydroxyl groups excluding tert-OH is 1. The van der Waals surface area contributed by atoms with Crippen molar-refractivity contribution >= 4 is 0 Å². The van der Waals surface area contributed by atoms with Crippen LogP contribution in [0.4, 0.5) is 0 Å². The van der Waals surface area contributed by atoms with Crippen LogP contribution in [0.2, 0.25) is 0 Å². The van der Waals surface area contributed by atoms with Crippen LogP contribution < -0.4 is 10.1 Å². The van der Waals surface area contributed by atoms with Crippen LogP contribution in [-0.4, -0.2) is 35.5 Å². The van der Waals surface area contributed by atoms with Gasteiger partial charge >= 0.3 is 0 Å². The highest BCUT2D eigenvalue weighted by molar-refractivity contribution is 5.41. The molecule has 0 saturated carbocycles. The number of benzene rings is 2. The van der Waals surface area contributed by atoms with Crippen molar-refractivity contribution in [1.29, 1.82) is 0 Å². The summed E-state index contributed by atoms with van der Waals surface area (Å²) in [4.78, 5) is 0. The molecular weight excluding hydrogens is 282 g/mol. The lowest BCUT2D eigenvalue weighted by Gasteiger charge is -2.13. The van der Waals surface area contributed by atoms with Gasteiger partial charge in [0.1, 0.15) is 5.75 Å². The van der Waals surface area contributed by atoms with Crippen LogP contribution in [-0.2, 0) is 6.42 Å². The second kappa shape index (κ2) is 7.68. The minimum absolute atomic E-state index is 0.193. The number of hydrogen-bond acceptors (Lipinski definition) is 5. The van der Waals surface area contributed by atoms with Crippen molar-refractivity contribution in [3.05, 3.63) is 53.6 Å². The number of hydrogen-bond donors (Lipinski definition) is 4. The van der Waals surface area contributed by atoms with Gasteiger partial charge < -0.3 is 25.4 Å². The first-order valence-corrected chi connectivity index (χ1v) is 7.13. The minimum atomic E-state index is -0.739. The Bertz CT molecular complexity index is 615. The Hall–Kier alpha value is -2.24. The van der Waals surface area contributed by atoms with Crippen LogP contribution in [0.15, 0.2) is 42.5 Å². The normalized spacial score (nSPS) is 12.1. The van der Waals surface area contributed by atoms with Gasteiger partial charge in [-0.1, -0.05) is 18.2 Å². The largest absolute Gasteiger partial charge is 0.504 e. The first-order chi connectivity index (χ1) is 10.6. The molecule has 0 aliphatic heterocycles. The van der Waals surface area contributed by atoms with Gasteiger partial charge in [0.25, 0.3) is 0 Å². The molecule has 0 aliphatic rings. The fraction of sp³-hybridized carbons (Fsp3) is 0.294. The van der Waals surface area contributed by atoms with Gasteiger partial charge in [0.05, 0.1) is 13.2 Å². The third kappa shape index (κ3) is 4.38. The Morgan fingerprint density at radius 1 is 1.09 bits per heavy atom. The van der Waals surface area contributed by atoms with E-state index in [1.54, 1.807) is 13.2 Å². The maximum absolute atomic E-state index is 10.0. The number of aromatic hydroxyl groups is 2. The molecule has 0 aliphatic carbocycles. The minimum Gasteiger partial charge on any atom is -0.504 e. The standard InChI is InChI=1S/C17H21NO4/c1-22-14-4-2-3-12(9-14)7-8-18-11-17(21)13-5-6-15(19)16(20)10-13/h2-6,9-10,17-21H,7-8,11H2,1H3/t17-/m0/s1. The summed E-state index contributed by atoms with van der Waals surface area (Å²) in [6.45, 7) is 1.09. The average Bonchev–Trinajstić information content (AvgIpc) is 2.54. The van der Waals surface area contributed by atoms with Crippen molar-refractivity contribution in [2.45, 2.75) is 12.5 Å². The zero-order chi connectivity index (χ0) is 15.9. The smallest absolute Gasteiger partial charge is 0.157 e. The van der Waals surface area contributed by atoms with Crippen molar-refractivity contribution in [2.24, 2.45) is 0 Å². The van der Waals surface area contributed by atoms with E-state index in [0.29, 0.717) is 18.7 Å². The Labute approximate surface area is 129 Å². The van der Waals surface area contributed by atoms with Crippen LogP contribution in [0.3, 0.4) is 0 Å². The first-order valence-electron chi connectivity index (χ1n) is 7.13. The summed E-state index contributed by atoms with van der Waals surface area (Å²) in [5.74, 6) is 0.409. The molecule has 2 aromatic rings. The highest BCUT2D eigenvalue weighted by Crippen LogP contribution is 2.27. The van der Waals surface area contributed by atoms with E-state index < -0.39 is 6.10 Å². The first kappa shape index (κ1) is 16.1. The lowest BCUT2D eigenvalue weighted by Crippen LogP contribution is -2.23. The zero-order valence-corrected chi connectivity index (χ0v) is 12.5. The Morgan fingerprint density at radius 2 is 1.91 bits per heavy atom. The van der Waals surface area contributed by atoms with Crippen LogP contribution in [0.5, 0.6) is 17.2 Å². The Morgan fingerprint density at radius 3 is 2.64 bits per heavy atom. The molecule has 22 heavy (non-hydrogen) atoms. The molecule has 0 amide bonds. The molecule has 0 fully saturated rings. The number of rotatable bonds is 7. The molecule has 0 saturated heterocycles. The maximum Gasteiger partial charge on any atom is 0.157 e. The molecule has 0 aromatic heterocycles. The topological polar surface area (TPSA) is 82.0 Å². The summed E-state index contributed by atoms with van der Waals surface area (Å²) in [5.41, 5.74) is 1.72. The van der Waals surface area contributed by atoms with Crippen molar-refractivity contribution in [1.82, 2.24) is 5.32 Å². The van der Waals surface area contributed by atoms with Crippen molar-refractivity contribution in [3.63, 3.8) is 0 Å². The van der Waals surface area contributed by atoms with E-state index >= 15 is 0 Å². The number of phenols is 2. The van der Waals surface area contributed by atoms with Gasteiger partial charge in [0.2, 0.25) is 0 Å². The molecule has 0 heterocycles. The van der Waals surface area contributed by atoms with Gasteiger partial charge in [-0.2, -0.15) is 0 Å². The molecule has 1 atom stereocenters. The number of methoxy groups -OCH3 is 1. The monoisotopic (exact) mass is 303 g/mol. The number of aliphatic hydroxyl groups is 1. The molecule has 5 heteroatoms. The quantitative estimate of drug-likeness (QED) is 0.464. The summed E-state index contributed by atoms with van der Waals surface area (Å²) in [5, 5.41) is 31.9. The van der Waals surface area contributed by atoms with Gasteiger partial charge in [-0.15, -0.1) is 0 Å². The molecule has 2 aromatic carbocycles. The average molecular weight is 303 g/mol. The number of nitrogens with one attached hydrogen (secondary N) is 1. The lowest BCUT2D eigenvalue weighted by molar-refractivity contribution is 0.174. The highest BCUT2D eigenvalue weighted by Gasteiger charge is 2.09. The van der Waals surface area contributed by atoms with Crippen molar-refractivity contribution in [2.75, 3.05) is 20.2 Å². The summed E-state index contributed by atoms with van der Waals surface area (Å²) >= 11 is 0. The van der Waals surface area contributed by atoms with Gasteiger partial charge in [-0.05, 0) is 48.4 Å². The fourth-order valence-electron chi connectivity index (χ4n) is 2.17. The third-order valence-corrected chi connectivity index (χ3v) is 3.45. The number of phenolic OH excluding ortho intramolecular Hbond substituents is 2. The Balaban J connectivity index is 1.79.